The van der Waals surface area contributed by atoms with E-state index in [0.29, 0.717) is 12.2 Å². The second kappa shape index (κ2) is 6.54. The van der Waals surface area contributed by atoms with Gasteiger partial charge >= 0.3 is 0 Å². The van der Waals surface area contributed by atoms with Gasteiger partial charge in [-0.3, -0.25) is 4.79 Å². The largest absolute Gasteiger partial charge is 0.313 e. The highest BCUT2D eigenvalue weighted by atomic mass is 16.1. The zero-order chi connectivity index (χ0) is 16.4. The fourth-order valence-corrected chi connectivity index (χ4v) is 4.16. The van der Waals surface area contributed by atoms with Crippen LogP contribution in [0.15, 0.2) is 18.2 Å². The summed E-state index contributed by atoms with van der Waals surface area (Å²) in [6.45, 7) is 14.2. The van der Waals surface area contributed by atoms with E-state index in [1.54, 1.807) is 0 Å². The molecule has 1 aromatic rings. The van der Waals surface area contributed by atoms with Crippen LogP contribution in [-0.4, -0.2) is 35.4 Å². The number of likely N-dealkylation sites (tertiary alicyclic amines) is 1. The Morgan fingerprint density at radius 2 is 1.64 bits per heavy atom. The summed E-state index contributed by atoms with van der Waals surface area (Å²) in [5, 5.41) is 0. The Bertz CT molecular complexity index is 518. The number of likely N-dealkylation sites (N-methyl/N-ethyl adjacent to an activating group) is 1. The predicted octanol–water partition coefficient (Wildman–Crippen LogP) is 4.21. The molecule has 1 saturated heterocycles. The first-order chi connectivity index (χ1) is 10.3. The van der Waals surface area contributed by atoms with Gasteiger partial charge in [0.25, 0.3) is 0 Å². The van der Waals surface area contributed by atoms with E-state index >= 15 is 0 Å². The fraction of sp³-hybridized carbons (Fsp3) is 0.650. The number of nitrogens with zero attached hydrogens (tertiary/aromatic N) is 1. The first-order valence-corrected chi connectivity index (χ1v) is 8.78. The molecule has 0 saturated carbocycles. The molecule has 0 atom stereocenters. The maximum absolute atomic E-state index is 13.2. The number of Topliss-reactive ketones (excluding diaryl/α,β-unsaturated/α-hetero) is 1. The van der Waals surface area contributed by atoms with E-state index < -0.39 is 0 Å². The third kappa shape index (κ3) is 2.99. The van der Waals surface area contributed by atoms with E-state index in [1.807, 2.05) is 0 Å². The van der Waals surface area contributed by atoms with Gasteiger partial charge in [-0.1, -0.05) is 18.2 Å². The van der Waals surface area contributed by atoms with Crippen LogP contribution < -0.4 is 0 Å². The molecule has 0 spiro atoms. The molecule has 2 nitrogen and oxygen atoms in total. The average Bonchev–Trinajstić information content (AvgIpc) is 2.51. The summed E-state index contributed by atoms with van der Waals surface area (Å²) in [6.07, 6.45) is 4.41. The molecule has 22 heavy (non-hydrogen) atoms. The van der Waals surface area contributed by atoms with Crippen molar-refractivity contribution in [2.24, 2.45) is 0 Å². The fourth-order valence-electron chi connectivity index (χ4n) is 4.16. The number of hydrogen-bond donors (Lipinski definition) is 0. The van der Waals surface area contributed by atoms with Crippen molar-refractivity contribution in [2.45, 2.75) is 65.8 Å². The van der Waals surface area contributed by atoms with Crippen LogP contribution in [0.2, 0.25) is 0 Å². The first kappa shape index (κ1) is 17.2. The minimum absolute atomic E-state index is 0.288. The molecule has 0 aliphatic carbocycles. The van der Waals surface area contributed by atoms with Gasteiger partial charge in [-0.05, 0) is 70.6 Å². The number of hydrogen-bond acceptors (Lipinski definition) is 1. The highest BCUT2D eigenvalue weighted by Crippen LogP contribution is 2.32. The lowest BCUT2D eigenvalue weighted by atomic mass is 9.85. The van der Waals surface area contributed by atoms with Crippen LogP contribution in [0, 0.1) is 13.8 Å². The van der Waals surface area contributed by atoms with Crippen LogP contribution in [0.1, 0.15) is 56.7 Å². The summed E-state index contributed by atoms with van der Waals surface area (Å²) < 4.78 is 0.969. The van der Waals surface area contributed by atoms with Crippen LogP contribution in [0.25, 0.3) is 0 Å². The molecule has 1 aromatic carbocycles. The Kier molecular flexibility index (Phi) is 5.11. The van der Waals surface area contributed by atoms with E-state index in [-0.39, 0.29) is 5.54 Å². The lowest BCUT2D eigenvalue weighted by Gasteiger charge is -2.51. The average molecular weight is 302 g/mol. The third-order valence-corrected chi connectivity index (χ3v) is 6.13. The Morgan fingerprint density at radius 3 is 2.14 bits per heavy atom. The van der Waals surface area contributed by atoms with Crippen molar-refractivity contribution in [1.82, 2.24) is 0 Å². The topological polar surface area (TPSA) is 17.1 Å². The number of piperidine rings is 1. The molecule has 0 bridgehead atoms. The monoisotopic (exact) mass is 302 g/mol. The zero-order valence-electron chi connectivity index (χ0n) is 15.0. The van der Waals surface area contributed by atoms with Crippen LogP contribution >= 0.6 is 0 Å². The highest BCUT2D eigenvalue weighted by molar-refractivity contribution is 5.88. The van der Waals surface area contributed by atoms with Crippen LogP contribution in [0.4, 0.5) is 0 Å². The molecule has 0 unspecified atom stereocenters. The van der Waals surface area contributed by atoms with Crippen molar-refractivity contribution < 1.29 is 9.28 Å². The lowest BCUT2D eigenvalue weighted by Crippen LogP contribution is -2.67. The van der Waals surface area contributed by atoms with Crippen molar-refractivity contribution >= 4 is 5.78 Å². The molecular weight excluding hydrogens is 270 g/mol. The third-order valence-electron chi connectivity index (χ3n) is 6.13. The highest BCUT2D eigenvalue weighted by Gasteiger charge is 2.48. The molecule has 0 N–H and O–H groups in total. The van der Waals surface area contributed by atoms with Crippen LogP contribution in [0.5, 0.6) is 0 Å². The molecule has 2 heteroatoms. The maximum Gasteiger partial charge on any atom is 0.196 e. The minimum atomic E-state index is -0.288. The second-order valence-corrected chi connectivity index (χ2v) is 7.50. The van der Waals surface area contributed by atoms with Gasteiger partial charge in [0.05, 0.1) is 19.6 Å². The van der Waals surface area contributed by atoms with Gasteiger partial charge in [0.15, 0.2) is 11.3 Å². The maximum atomic E-state index is 13.2. The minimum Gasteiger partial charge on any atom is -0.313 e. The Labute approximate surface area is 136 Å². The molecule has 2 rings (SSSR count). The van der Waals surface area contributed by atoms with E-state index in [0.717, 1.165) is 24.1 Å². The summed E-state index contributed by atoms with van der Waals surface area (Å²) >= 11 is 0. The van der Waals surface area contributed by atoms with Gasteiger partial charge in [-0.15, -0.1) is 0 Å². The summed E-state index contributed by atoms with van der Waals surface area (Å²) in [7, 11) is 0. The van der Waals surface area contributed by atoms with Gasteiger partial charge in [-0.25, -0.2) is 0 Å². The summed E-state index contributed by atoms with van der Waals surface area (Å²) in [5.74, 6) is 0.397. The van der Waals surface area contributed by atoms with Crippen molar-refractivity contribution in [3.63, 3.8) is 0 Å². The lowest BCUT2D eigenvalue weighted by molar-refractivity contribution is -0.965. The van der Waals surface area contributed by atoms with Gasteiger partial charge in [-0.2, -0.15) is 0 Å². The Balaban J connectivity index is 2.26. The standard InChI is InChI=1S/C20H32NO/c1-6-21(13-8-7-9-14-21)20(4,5)19(22)15-18-16(2)11-10-12-17(18)3/h10-12H,6-9,13-15H2,1-5H3/q+1. The van der Waals surface area contributed by atoms with Crippen LogP contribution in [0.3, 0.4) is 0 Å². The van der Waals surface area contributed by atoms with E-state index in [9.17, 15) is 4.79 Å². The molecule has 1 aliphatic heterocycles. The normalized spacial score (nSPS) is 18.2. The smallest absolute Gasteiger partial charge is 0.196 e. The number of carbonyl (C=O) groups is 1. The molecule has 1 fully saturated rings. The Morgan fingerprint density at radius 1 is 1.09 bits per heavy atom. The summed E-state index contributed by atoms with van der Waals surface area (Å²) in [5.41, 5.74) is 3.42. The molecule has 122 valence electrons. The number of carbonyl (C=O) groups excluding carboxylic acids is 1. The van der Waals surface area contributed by atoms with E-state index in [1.165, 1.54) is 36.0 Å². The van der Waals surface area contributed by atoms with E-state index in [4.69, 9.17) is 0 Å². The van der Waals surface area contributed by atoms with Crippen molar-refractivity contribution in [1.29, 1.82) is 0 Å². The van der Waals surface area contributed by atoms with Crippen molar-refractivity contribution in [2.75, 3.05) is 19.6 Å². The van der Waals surface area contributed by atoms with E-state index in [2.05, 4.69) is 52.8 Å². The van der Waals surface area contributed by atoms with Gasteiger partial charge in [0.2, 0.25) is 0 Å². The zero-order valence-corrected chi connectivity index (χ0v) is 15.0. The van der Waals surface area contributed by atoms with Gasteiger partial charge < -0.3 is 4.48 Å². The molecular formula is C20H32NO+. The SMILES string of the molecule is CC[N+]1(C(C)(C)C(=O)Cc2c(C)cccc2C)CCCCC1. The Hall–Kier alpha value is -1.15. The second-order valence-electron chi connectivity index (χ2n) is 7.50. The summed E-state index contributed by atoms with van der Waals surface area (Å²) in [6, 6.07) is 6.32. The molecule has 0 amide bonds. The van der Waals surface area contributed by atoms with Crippen LogP contribution in [-0.2, 0) is 11.2 Å². The van der Waals surface area contributed by atoms with Crippen molar-refractivity contribution in [3.05, 3.63) is 34.9 Å². The number of benzene rings is 1. The molecule has 0 radical (unpaired) electrons. The van der Waals surface area contributed by atoms with Gasteiger partial charge in [0, 0.05) is 6.42 Å². The number of aryl methyl sites for hydroxylation is 2. The molecule has 1 heterocycles. The molecule has 0 aromatic heterocycles. The quantitative estimate of drug-likeness (QED) is 0.745. The number of ketones is 1. The number of quaternary nitrogens is 1. The van der Waals surface area contributed by atoms with Crippen molar-refractivity contribution in [3.8, 4) is 0 Å². The molecule has 1 aliphatic rings. The first-order valence-electron chi connectivity index (χ1n) is 8.78. The van der Waals surface area contributed by atoms with Gasteiger partial charge in [0.1, 0.15) is 0 Å². The number of rotatable bonds is 5. The predicted molar refractivity (Wildman–Crippen MR) is 93.1 cm³/mol. The summed E-state index contributed by atoms with van der Waals surface area (Å²) in [4.78, 5) is 13.2.